The molecule has 3 aliphatic rings. The SMILES string of the molecule is CC(=O)c1cnc(N2C[C@H]3C[C@@H](N4CCOCC4)[C@H](O)C[C@H]3C2)nc1C. The van der Waals surface area contributed by atoms with Gasteiger partial charge >= 0.3 is 0 Å². The average molecular weight is 360 g/mol. The van der Waals surface area contributed by atoms with Gasteiger partial charge in [-0.3, -0.25) is 9.69 Å². The first-order valence-corrected chi connectivity index (χ1v) is 9.62. The van der Waals surface area contributed by atoms with Crippen molar-refractivity contribution in [3.8, 4) is 0 Å². The van der Waals surface area contributed by atoms with Crippen LogP contribution < -0.4 is 4.90 Å². The van der Waals surface area contributed by atoms with Crippen LogP contribution in [-0.2, 0) is 4.74 Å². The van der Waals surface area contributed by atoms with E-state index < -0.39 is 0 Å². The summed E-state index contributed by atoms with van der Waals surface area (Å²) in [5, 5.41) is 10.7. The summed E-state index contributed by atoms with van der Waals surface area (Å²) in [7, 11) is 0. The Kier molecular flexibility index (Phi) is 4.94. The molecule has 3 heterocycles. The molecule has 4 atom stereocenters. The van der Waals surface area contributed by atoms with Crippen LogP contribution in [0.2, 0.25) is 0 Å². The van der Waals surface area contributed by atoms with Gasteiger partial charge in [0.1, 0.15) is 0 Å². The number of carbonyl (C=O) groups excluding carboxylic acids is 1. The molecule has 0 radical (unpaired) electrons. The summed E-state index contributed by atoms with van der Waals surface area (Å²) in [5.74, 6) is 1.75. The molecule has 0 bridgehead atoms. The minimum Gasteiger partial charge on any atom is -0.391 e. The van der Waals surface area contributed by atoms with E-state index in [2.05, 4.69) is 19.8 Å². The summed E-state index contributed by atoms with van der Waals surface area (Å²) >= 11 is 0. The second kappa shape index (κ2) is 7.21. The molecule has 0 amide bonds. The largest absolute Gasteiger partial charge is 0.391 e. The van der Waals surface area contributed by atoms with Crippen molar-refractivity contribution < 1.29 is 14.6 Å². The number of anilines is 1. The maximum atomic E-state index is 11.6. The van der Waals surface area contributed by atoms with Gasteiger partial charge in [0.25, 0.3) is 0 Å². The number of hydrogen-bond acceptors (Lipinski definition) is 7. The van der Waals surface area contributed by atoms with E-state index >= 15 is 0 Å². The van der Waals surface area contributed by atoms with Crippen LogP contribution in [0.4, 0.5) is 5.95 Å². The Morgan fingerprint density at radius 1 is 1.23 bits per heavy atom. The highest BCUT2D eigenvalue weighted by Crippen LogP contribution is 2.39. The van der Waals surface area contributed by atoms with Crippen LogP contribution in [0.1, 0.15) is 35.8 Å². The van der Waals surface area contributed by atoms with Crippen LogP contribution in [-0.4, -0.2) is 77.3 Å². The van der Waals surface area contributed by atoms with E-state index in [0.717, 1.165) is 57.9 Å². The fourth-order valence-corrected chi connectivity index (χ4v) is 4.82. The van der Waals surface area contributed by atoms with Gasteiger partial charge in [-0.2, -0.15) is 0 Å². The lowest BCUT2D eigenvalue weighted by atomic mass is 9.77. The first kappa shape index (κ1) is 17.8. The van der Waals surface area contributed by atoms with E-state index in [-0.39, 0.29) is 17.9 Å². The third kappa shape index (κ3) is 3.35. The van der Waals surface area contributed by atoms with E-state index in [1.54, 1.807) is 13.1 Å². The van der Waals surface area contributed by atoms with Gasteiger partial charge in [-0.1, -0.05) is 0 Å². The van der Waals surface area contributed by atoms with E-state index in [1.807, 2.05) is 6.92 Å². The minimum atomic E-state index is -0.267. The lowest BCUT2D eigenvalue weighted by molar-refractivity contribution is -0.0520. The Bertz CT molecular complexity index is 677. The van der Waals surface area contributed by atoms with Gasteiger partial charge in [0.05, 0.1) is 30.6 Å². The molecule has 3 fully saturated rings. The number of ether oxygens (including phenoxy) is 1. The van der Waals surface area contributed by atoms with Gasteiger partial charge in [0.2, 0.25) is 5.95 Å². The topological polar surface area (TPSA) is 78.8 Å². The standard InChI is InChI=1S/C19H28N4O3/c1-12-16(13(2)24)9-20-19(21-12)23-10-14-7-17(18(25)8-15(14)11-23)22-3-5-26-6-4-22/h9,14-15,17-18,25H,3-8,10-11H2,1-2H3/t14-,15+,17-,18-/m1/s1. The Morgan fingerprint density at radius 3 is 2.58 bits per heavy atom. The molecule has 0 aromatic carbocycles. The molecule has 2 saturated heterocycles. The molecule has 1 aromatic rings. The summed E-state index contributed by atoms with van der Waals surface area (Å²) in [5.41, 5.74) is 1.33. The van der Waals surface area contributed by atoms with Gasteiger partial charge < -0.3 is 14.7 Å². The lowest BCUT2D eigenvalue weighted by Gasteiger charge is -2.43. The number of fused-ring (bicyclic) bond motifs is 1. The van der Waals surface area contributed by atoms with Crippen molar-refractivity contribution in [3.05, 3.63) is 17.5 Å². The highest BCUT2D eigenvalue weighted by atomic mass is 16.5. The number of hydrogen-bond donors (Lipinski definition) is 1. The zero-order chi connectivity index (χ0) is 18.3. The summed E-state index contributed by atoms with van der Waals surface area (Å²) < 4.78 is 5.45. The van der Waals surface area contributed by atoms with Gasteiger partial charge in [0, 0.05) is 38.4 Å². The van der Waals surface area contributed by atoms with Gasteiger partial charge in [-0.05, 0) is 38.5 Å². The molecule has 4 rings (SSSR count). The third-order valence-electron chi connectivity index (χ3n) is 6.25. The number of nitrogens with zero attached hydrogens (tertiary/aromatic N) is 4. The average Bonchev–Trinajstić information content (AvgIpc) is 3.04. The molecule has 1 N–H and O–H groups in total. The van der Waals surface area contributed by atoms with Crippen LogP contribution in [0.15, 0.2) is 6.20 Å². The lowest BCUT2D eigenvalue weighted by Crippen LogP contribution is -2.53. The number of aliphatic hydroxyl groups is 1. The third-order valence-corrected chi connectivity index (χ3v) is 6.25. The van der Waals surface area contributed by atoms with E-state index in [0.29, 0.717) is 23.3 Å². The number of aromatic nitrogens is 2. The minimum absolute atomic E-state index is 0.000571. The molecule has 26 heavy (non-hydrogen) atoms. The Labute approximate surface area is 154 Å². The van der Waals surface area contributed by atoms with Crippen LogP contribution in [0.5, 0.6) is 0 Å². The van der Waals surface area contributed by atoms with Crippen LogP contribution in [0.25, 0.3) is 0 Å². The number of Topliss-reactive ketones (excluding diaryl/α,β-unsaturated/α-hetero) is 1. The van der Waals surface area contributed by atoms with Crippen molar-refractivity contribution >= 4 is 11.7 Å². The molecule has 7 nitrogen and oxygen atoms in total. The molecule has 1 aliphatic carbocycles. The molecular formula is C19H28N4O3. The number of aliphatic hydroxyl groups excluding tert-OH is 1. The number of morpholine rings is 1. The molecule has 2 aliphatic heterocycles. The Morgan fingerprint density at radius 2 is 1.92 bits per heavy atom. The maximum Gasteiger partial charge on any atom is 0.225 e. The second-order valence-electron chi connectivity index (χ2n) is 7.90. The molecule has 0 spiro atoms. The molecule has 1 aromatic heterocycles. The summed E-state index contributed by atoms with van der Waals surface area (Å²) in [6.45, 7) is 8.58. The second-order valence-corrected chi connectivity index (χ2v) is 7.90. The highest BCUT2D eigenvalue weighted by molar-refractivity contribution is 5.94. The predicted octanol–water partition coefficient (Wildman–Crippen LogP) is 0.896. The summed E-state index contributed by atoms with van der Waals surface area (Å²) in [6.07, 6.45) is 3.24. The number of carbonyl (C=O) groups is 1. The quantitative estimate of drug-likeness (QED) is 0.802. The first-order valence-electron chi connectivity index (χ1n) is 9.62. The first-order chi connectivity index (χ1) is 12.5. The van der Waals surface area contributed by atoms with Crippen molar-refractivity contribution in [2.75, 3.05) is 44.3 Å². The fraction of sp³-hybridized carbons (Fsp3) is 0.737. The summed E-state index contributed by atoms with van der Waals surface area (Å²) in [6, 6.07) is 0.239. The van der Waals surface area contributed by atoms with Crippen molar-refractivity contribution in [2.24, 2.45) is 11.8 Å². The molecule has 7 heteroatoms. The fourth-order valence-electron chi connectivity index (χ4n) is 4.82. The zero-order valence-corrected chi connectivity index (χ0v) is 15.6. The van der Waals surface area contributed by atoms with Crippen LogP contribution in [0, 0.1) is 18.8 Å². The van der Waals surface area contributed by atoms with Gasteiger partial charge in [0.15, 0.2) is 5.78 Å². The van der Waals surface area contributed by atoms with Crippen LogP contribution in [0.3, 0.4) is 0 Å². The van der Waals surface area contributed by atoms with Crippen molar-refractivity contribution in [1.82, 2.24) is 14.9 Å². The zero-order valence-electron chi connectivity index (χ0n) is 15.6. The van der Waals surface area contributed by atoms with Crippen LogP contribution >= 0.6 is 0 Å². The number of rotatable bonds is 3. The Hall–Kier alpha value is -1.57. The van der Waals surface area contributed by atoms with Gasteiger partial charge in [-0.15, -0.1) is 0 Å². The van der Waals surface area contributed by atoms with Crippen molar-refractivity contribution in [1.29, 1.82) is 0 Å². The molecule has 142 valence electrons. The predicted molar refractivity (Wildman–Crippen MR) is 97.4 cm³/mol. The highest BCUT2D eigenvalue weighted by Gasteiger charge is 2.44. The molecule has 0 unspecified atom stereocenters. The van der Waals surface area contributed by atoms with Crippen molar-refractivity contribution in [3.63, 3.8) is 0 Å². The van der Waals surface area contributed by atoms with Gasteiger partial charge in [-0.25, -0.2) is 9.97 Å². The molecular weight excluding hydrogens is 332 g/mol. The monoisotopic (exact) mass is 360 g/mol. The van der Waals surface area contributed by atoms with E-state index in [9.17, 15) is 9.90 Å². The van der Waals surface area contributed by atoms with E-state index in [4.69, 9.17) is 4.74 Å². The smallest absolute Gasteiger partial charge is 0.225 e. The van der Waals surface area contributed by atoms with Crippen molar-refractivity contribution in [2.45, 2.75) is 38.8 Å². The normalized spacial score (nSPS) is 32.5. The Balaban J connectivity index is 1.46. The maximum absolute atomic E-state index is 11.6. The molecule has 1 saturated carbocycles. The number of ketones is 1. The number of aryl methyl sites for hydroxylation is 1. The summed E-state index contributed by atoms with van der Waals surface area (Å²) in [4.78, 5) is 25.2. The van der Waals surface area contributed by atoms with E-state index in [1.165, 1.54) is 0 Å².